The molecule has 0 aliphatic heterocycles. The first-order valence-electron chi connectivity index (χ1n) is 6.74. The summed E-state index contributed by atoms with van der Waals surface area (Å²) in [5, 5.41) is 10.1. The number of phenols is 1. The van der Waals surface area contributed by atoms with Gasteiger partial charge in [-0.3, -0.25) is 4.90 Å². The molecule has 0 aliphatic rings. The highest BCUT2D eigenvalue weighted by molar-refractivity contribution is 5.41. The Morgan fingerprint density at radius 3 is 2.56 bits per heavy atom. The zero-order valence-electron chi connectivity index (χ0n) is 11.9. The third-order valence-electron chi connectivity index (χ3n) is 3.44. The number of benzene rings is 1. The molecule has 1 atom stereocenters. The van der Waals surface area contributed by atoms with E-state index in [4.69, 9.17) is 4.74 Å². The molecule has 102 valence electrons. The predicted octanol–water partition coefficient (Wildman–Crippen LogP) is 3.58. The van der Waals surface area contributed by atoms with Crippen LogP contribution in [0.4, 0.5) is 0 Å². The van der Waals surface area contributed by atoms with Gasteiger partial charge in [0.25, 0.3) is 0 Å². The minimum absolute atomic E-state index is 0.229. The van der Waals surface area contributed by atoms with E-state index in [2.05, 4.69) is 25.7 Å². The van der Waals surface area contributed by atoms with Gasteiger partial charge in [-0.15, -0.1) is 0 Å². The number of nitrogens with zero attached hydrogens (tertiary/aromatic N) is 1. The lowest BCUT2D eigenvalue weighted by Crippen LogP contribution is -2.27. The number of phenolic OH excluding ortho intramolecular Hbond substituents is 1. The maximum absolute atomic E-state index is 10.1. The van der Waals surface area contributed by atoms with Crippen molar-refractivity contribution in [2.24, 2.45) is 0 Å². The Hall–Kier alpha value is -1.22. The van der Waals surface area contributed by atoms with Crippen molar-refractivity contribution in [1.29, 1.82) is 0 Å². The second-order valence-electron chi connectivity index (χ2n) is 4.58. The average Bonchev–Trinajstić information content (AvgIpc) is 2.39. The van der Waals surface area contributed by atoms with Crippen LogP contribution in [0.3, 0.4) is 0 Å². The van der Waals surface area contributed by atoms with Crippen molar-refractivity contribution in [3.63, 3.8) is 0 Å². The van der Waals surface area contributed by atoms with Crippen LogP contribution in [0.1, 0.15) is 45.2 Å². The average molecular weight is 251 g/mol. The second kappa shape index (κ2) is 7.27. The summed E-state index contributed by atoms with van der Waals surface area (Å²) in [7, 11) is 1.61. The van der Waals surface area contributed by atoms with E-state index in [9.17, 15) is 5.11 Å². The molecule has 1 N–H and O–H groups in total. The summed E-state index contributed by atoms with van der Waals surface area (Å²) in [6.07, 6.45) is 2.38. The maximum atomic E-state index is 10.1. The smallest absolute Gasteiger partial charge is 0.124 e. The normalized spacial score (nSPS) is 12.7. The Balaban J connectivity index is 2.83. The molecule has 1 unspecified atom stereocenters. The van der Waals surface area contributed by atoms with Gasteiger partial charge in [-0.2, -0.15) is 0 Å². The third kappa shape index (κ3) is 3.64. The standard InChI is InChI=1S/C15H25NO2/c1-5-7-10-16(6-2)12(3)14-9-8-13(18-4)11-15(14)17/h8-9,11-12,17H,5-7,10H2,1-4H3. The molecule has 0 amide bonds. The molecule has 0 heterocycles. The largest absolute Gasteiger partial charge is 0.507 e. The van der Waals surface area contributed by atoms with Crippen LogP contribution in [0, 0.1) is 0 Å². The quantitative estimate of drug-likeness (QED) is 0.804. The van der Waals surface area contributed by atoms with Crippen LogP contribution in [0.25, 0.3) is 0 Å². The minimum Gasteiger partial charge on any atom is -0.507 e. The molecule has 3 nitrogen and oxygen atoms in total. The number of ether oxygens (including phenoxy) is 1. The molecule has 0 saturated carbocycles. The Morgan fingerprint density at radius 1 is 1.33 bits per heavy atom. The van der Waals surface area contributed by atoms with Gasteiger partial charge in [0.05, 0.1) is 7.11 Å². The molecule has 0 saturated heterocycles. The van der Waals surface area contributed by atoms with Gasteiger partial charge >= 0.3 is 0 Å². The van der Waals surface area contributed by atoms with Crippen molar-refractivity contribution >= 4 is 0 Å². The highest BCUT2D eigenvalue weighted by Gasteiger charge is 2.17. The van der Waals surface area contributed by atoms with Crippen LogP contribution < -0.4 is 4.74 Å². The van der Waals surface area contributed by atoms with Gasteiger partial charge in [0.15, 0.2) is 0 Å². The molecule has 0 aliphatic carbocycles. The zero-order chi connectivity index (χ0) is 13.5. The molecule has 1 aromatic rings. The number of aromatic hydroxyl groups is 1. The Labute approximate surface area is 110 Å². The minimum atomic E-state index is 0.229. The number of hydrogen-bond donors (Lipinski definition) is 1. The first-order valence-corrected chi connectivity index (χ1v) is 6.74. The molecule has 0 fully saturated rings. The number of unbranched alkanes of at least 4 members (excludes halogenated alkanes) is 1. The van der Waals surface area contributed by atoms with Gasteiger partial charge in [-0.1, -0.05) is 26.3 Å². The van der Waals surface area contributed by atoms with Crippen molar-refractivity contribution in [3.8, 4) is 11.5 Å². The fourth-order valence-corrected chi connectivity index (χ4v) is 2.19. The van der Waals surface area contributed by atoms with E-state index in [0.29, 0.717) is 11.5 Å². The monoisotopic (exact) mass is 251 g/mol. The van der Waals surface area contributed by atoms with Gasteiger partial charge in [0.2, 0.25) is 0 Å². The molecular weight excluding hydrogens is 226 g/mol. The highest BCUT2D eigenvalue weighted by Crippen LogP contribution is 2.31. The lowest BCUT2D eigenvalue weighted by atomic mass is 10.0. The molecule has 0 spiro atoms. The van der Waals surface area contributed by atoms with Gasteiger partial charge in [0.1, 0.15) is 11.5 Å². The number of rotatable bonds is 7. The highest BCUT2D eigenvalue weighted by atomic mass is 16.5. The van der Waals surface area contributed by atoms with Gasteiger partial charge in [0, 0.05) is 17.7 Å². The topological polar surface area (TPSA) is 32.7 Å². The summed E-state index contributed by atoms with van der Waals surface area (Å²) in [5.74, 6) is 1.01. The van der Waals surface area contributed by atoms with Gasteiger partial charge in [-0.05, 0) is 32.5 Å². The number of methoxy groups -OCH3 is 1. The second-order valence-corrected chi connectivity index (χ2v) is 4.58. The van der Waals surface area contributed by atoms with E-state index in [0.717, 1.165) is 18.7 Å². The van der Waals surface area contributed by atoms with E-state index < -0.39 is 0 Å². The molecular formula is C15H25NO2. The summed E-state index contributed by atoms with van der Waals surface area (Å²) < 4.78 is 5.11. The van der Waals surface area contributed by atoms with Crippen LogP contribution in [0.5, 0.6) is 11.5 Å². The van der Waals surface area contributed by atoms with E-state index in [1.54, 1.807) is 13.2 Å². The van der Waals surface area contributed by atoms with Gasteiger partial charge < -0.3 is 9.84 Å². The lowest BCUT2D eigenvalue weighted by Gasteiger charge is -2.28. The third-order valence-corrected chi connectivity index (χ3v) is 3.44. The Bertz CT molecular complexity index is 366. The molecule has 0 bridgehead atoms. The summed E-state index contributed by atoms with van der Waals surface area (Å²) in [5.41, 5.74) is 0.966. The Kier molecular flexibility index (Phi) is 5.99. The molecule has 0 radical (unpaired) electrons. The van der Waals surface area contributed by atoms with E-state index in [1.807, 2.05) is 12.1 Å². The zero-order valence-corrected chi connectivity index (χ0v) is 11.9. The maximum Gasteiger partial charge on any atom is 0.124 e. The Morgan fingerprint density at radius 2 is 2.06 bits per heavy atom. The summed E-state index contributed by atoms with van der Waals surface area (Å²) >= 11 is 0. The summed E-state index contributed by atoms with van der Waals surface area (Å²) in [4.78, 5) is 2.38. The van der Waals surface area contributed by atoms with Crippen LogP contribution in [-0.2, 0) is 0 Å². The fraction of sp³-hybridized carbons (Fsp3) is 0.600. The SMILES string of the molecule is CCCCN(CC)C(C)c1ccc(OC)cc1O. The van der Waals surface area contributed by atoms with Crippen molar-refractivity contribution < 1.29 is 9.84 Å². The van der Waals surface area contributed by atoms with Crippen molar-refractivity contribution in [2.45, 2.75) is 39.7 Å². The van der Waals surface area contributed by atoms with Crippen LogP contribution in [0.2, 0.25) is 0 Å². The molecule has 18 heavy (non-hydrogen) atoms. The number of hydrogen-bond acceptors (Lipinski definition) is 3. The molecule has 3 heteroatoms. The predicted molar refractivity (Wildman–Crippen MR) is 75.2 cm³/mol. The van der Waals surface area contributed by atoms with Crippen LogP contribution in [-0.4, -0.2) is 30.2 Å². The van der Waals surface area contributed by atoms with E-state index in [1.165, 1.54) is 12.8 Å². The lowest BCUT2D eigenvalue weighted by molar-refractivity contribution is 0.215. The first kappa shape index (κ1) is 14.8. The molecule has 0 aromatic heterocycles. The van der Waals surface area contributed by atoms with Crippen molar-refractivity contribution in [2.75, 3.05) is 20.2 Å². The van der Waals surface area contributed by atoms with Gasteiger partial charge in [-0.25, -0.2) is 0 Å². The van der Waals surface area contributed by atoms with Crippen LogP contribution in [0.15, 0.2) is 18.2 Å². The van der Waals surface area contributed by atoms with E-state index in [-0.39, 0.29) is 6.04 Å². The van der Waals surface area contributed by atoms with Crippen molar-refractivity contribution in [1.82, 2.24) is 4.90 Å². The summed E-state index contributed by atoms with van der Waals surface area (Å²) in [6, 6.07) is 5.76. The summed E-state index contributed by atoms with van der Waals surface area (Å²) in [6.45, 7) is 8.56. The van der Waals surface area contributed by atoms with Crippen LogP contribution >= 0.6 is 0 Å². The first-order chi connectivity index (χ1) is 8.63. The van der Waals surface area contributed by atoms with E-state index >= 15 is 0 Å². The molecule has 1 aromatic carbocycles. The van der Waals surface area contributed by atoms with Crippen molar-refractivity contribution in [3.05, 3.63) is 23.8 Å². The fourth-order valence-electron chi connectivity index (χ4n) is 2.19. The molecule has 1 rings (SSSR count).